The van der Waals surface area contributed by atoms with Crippen LogP contribution < -0.4 is 9.64 Å². The first-order valence-electron chi connectivity index (χ1n) is 19.2. The van der Waals surface area contributed by atoms with Crippen LogP contribution in [-0.2, 0) is 0 Å². The molecule has 2 heteroatoms. The van der Waals surface area contributed by atoms with E-state index in [-0.39, 0.29) is 0 Å². The maximum Gasteiger partial charge on any atom is 0.135 e. The first-order valence-corrected chi connectivity index (χ1v) is 19.2. The van der Waals surface area contributed by atoms with Crippen LogP contribution in [-0.4, -0.2) is 0 Å². The Bertz CT molecular complexity index is 3120. The Morgan fingerprint density at radius 1 is 0.304 bits per heavy atom. The molecule has 11 rings (SSSR count). The van der Waals surface area contributed by atoms with Gasteiger partial charge in [0.05, 0.1) is 11.4 Å². The average Bonchev–Trinajstić information content (AvgIpc) is 3.27. The zero-order valence-electron chi connectivity index (χ0n) is 30.6. The molecule has 0 aliphatic carbocycles. The molecule has 0 amide bonds. The summed E-state index contributed by atoms with van der Waals surface area (Å²) in [6, 6.07) is 76.5. The molecule has 1 heterocycles. The van der Waals surface area contributed by atoms with Crippen LogP contribution in [0.2, 0.25) is 0 Å². The van der Waals surface area contributed by atoms with Gasteiger partial charge in [-0.3, -0.25) is 0 Å². The number of ether oxygens (including phenoxy) is 1. The fraction of sp³-hybridized carbons (Fsp3) is 0. The lowest BCUT2D eigenvalue weighted by molar-refractivity contribution is 0.487. The van der Waals surface area contributed by atoms with Gasteiger partial charge in [0.15, 0.2) is 0 Å². The Kier molecular flexibility index (Phi) is 7.53. The zero-order valence-corrected chi connectivity index (χ0v) is 30.6. The number of hydrogen-bond acceptors (Lipinski definition) is 2. The summed E-state index contributed by atoms with van der Waals surface area (Å²) in [5.74, 6) is 1.79. The first kappa shape index (κ1) is 32.0. The fourth-order valence-electron chi connectivity index (χ4n) is 8.78. The second-order valence-electron chi connectivity index (χ2n) is 14.4. The second kappa shape index (κ2) is 13.2. The molecule has 0 saturated heterocycles. The van der Waals surface area contributed by atoms with Crippen LogP contribution in [0, 0.1) is 0 Å². The third kappa shape index (κ3) is 5.19. The summed E-state index contributed by atoms with van der Waals surface area (Å²) in [5.41, 5.74) is 12.7. The van der Waals surface area contributed by atoms with Crippen LogP contribution in [0.15, 0.2) is 212 Å². The molecule has 56 heavy (non-hydrogen) atoms. The van der Waals surface area contributed by atoms with Crippen molar-refractivity contribution in [3.8, 4) is 56.0 Å². The van der Waals surface area contributed by atoms with E-state index in [0.717, 1.165) is 50.6 Å². The highest BCUT2D eigenvalue weighted by Gasteiger charge is 2.24. The highest BCUT2D eigenvalue weighted by atomic mass is 16.5. The van der Waals surface area contributed by atoms with Crippen molar-refractivity contribution in [1.29, 1.82) is 0 Å². The predicted octanol–water partition coefficient (Wildman–Crippen LogP) is 15.4. The SMILES string of the molecule is c1ccc(-c2cccc3cccc(-c4ccccc4N(c4cccc(-c5ccc6c7c(cccc57)-c5ccccc5O6)c4)c4cccc5ccccc45)c23)cc1. The first-order chi connectivity index (χ1) is 27.8. The summed E-state index contributed by atoms with van der Waals surface area (Å²) in [7, 11) is 0. The Balaban J connectivity index is 1.15. The van der Waals surface area contributed by atoms with Gasteiger partial charge in [-0.05, 0) is 91.3 Å². The van der Waals surface area contributed by atoms with Crippen molar-refractivity contribution >= 4 is 49.4 Å². The molecular formula is C54H35NO. The van der Waals surface area contributed by atoms with E-state index in [1.807, 2.05) is 6.07 Å². The summed E-state index contributed by atoms with van der Waals surface area (Å²) in [6.07, 6.45) is 0. The van der Waals surface area contributed by atoms with Gasteiger partial charge in [-0.25, -0.2) is 0 Å². The second-order valence-corrected chi connectivity index (χ2v) is 14.4. The van der Waals surface area contributed by atoms with Gasteiger partial charge in [0, 0.05) is 27.6 Å². The van der Waals surface area contributed by atoms with Crippen LogP contribution >= 0.6 is 0 Å². The van der Waals surface area contributed by atoms with Crippen molar-refractivity contribution in [2.45, 2.75) is 0 Å². The third-order valence-electron chi connectivity index (χ3n) is 11.2. The van der Waals surface area contributed by atoms with E-state index in [9.17, 15) is 0 Å². The normalized spacial score (nSPS) is 11.7. The number of benzene rings is 10. The van der Waals surface area contributed by atoms with Gasteiger partial charge in [-0.2, -0.15) is 0 Å². The zero-order chi connectivity index (χ0) is 37.0. The van der Waals surface area contributed by atoms with E-state index < -0.39 is 0 Å². The molecule has 1 aliphatic rings. The van der Waals surface area contributed by atoms with Gasteiger partial charge in [0.25, 0.3) is 0 Å². The van der Waals surface area contributed by atoms with Crippen molar-refractivity contribution in [2.75, 3.05) is 4.90 Å². The average molecular weight is 714 g/mol. The van der Waals surface area contributed by atoms with E-state index in [4.69, 9.17) is 4.74 Å². The van der Waals surface area contributed by atoms with Gasteiger partial charge in [-0.1, -0.05) is 176 Å². The molecule has 10 aromatic rings. The van der Waals surface area contributed by atoms with E-state index in [1.165, 1.54) is 54.7 Å². The summed E-state index contributed by atoms with van der Waals surface area (Å²) < 4.78 is 6.47. The van der Waals surface area contributed by atoms with E-state index in [2.05, 4.69) is 211 Å². The van der Waals surface area contributed by atoms with E-state index in [0.29, 0.717) is 0 Å². The Morgan fingerprint density at radius 3 is 1.79 bits per heavy atom. The lowest BCUT2D eigenvalue weighted by atomic mass is 9.90. The van der Waals surface area contributed by atoms with Crippen molar-refractivity contribution in [1.82, 2.24) is 0 Å². The molecule has 10 aromatic carbocycles. The van der Waals surface area contributed by atoms with Crippen LogP contribution in [0.4, 0.5) is 17.1 Å². The third-order valence-corrected chi connectivity index (χ3v) is 11.2. The lowest BCUT2D eigenvalue weighted by Crippen LogP contribution is -2.12. The molecule has 0 radical (unpaired) electrons. The summed E-state index contributed by atoms with van der Waals surface area (Å²) in [4.78, 5) is 2.45. The highest BCUT2D eigenvalue weighted by Crippen LogP contribution is 2.50. The highest BCUT2D eigenvalue weighted by molar-refractivity contribution is 6.12. The van der Waals surface area contributed by atoms with Gasteiger partial charge in [0.1, 0.15) is 11.5 Å². The number of para-hydroxylation sites is 2. The molecule has 0 spiro atoms. The molecule has 0 atom stereocenters. The predicted molar refractivity (Wildman–Crippen MR) is 235 cm³/mol. The number of fused-ring (bicyclic) bond motifs is 4. The number of hydrogen-bond donors (Lipinski definition) is 0. The van der Waals surface area contributed by atoms with E-state index >= 15 is 0 Å². The van der Waals surface area contributed by atoms with E-state index in [1.54, 1.807) is 0 Å². The number of anilines is 3. The standard InChI is InChI=1S/C54H35NO/c1-2-15-37(16-3-1)43-26-11-19-38-20-12-27-47(53(38)43)44-24-6-8-30-50(44)55(49-31-13-18-36-17-4-5-23-42(36)49)40-22-10-21-39(35-40)41-33-34-52-54-46(41)28-14-29-48(54)45-25-7-9-32-51(45)56-52/h1-35H. The van der Waals surface area contributed by atoms with Crippen molar-refractivity contribution < 1.29 is 4.74 Å². The van der Waals surface area contributed by atoms with Crippen LogP contribution in [0.25, 0.3) is 76.8 Å². The van der Waals surface area contributed by atoms with Gasteiger partial charge >= 0.3 is 0 Å². The molecule has 262 valence electrons. The molecule has 0 bridgehead atoms. The number of nitrogens with zero attached hydrogens (tertiary/aromatic N) is 1. The lowest BCUT2D eigenvalue weighted by Gasteiger charge is -2.30. The molecular weight excluding hydrogens is 679 g/mol. The quantitative estimate of drug-likeness (QED) is 0.170. The fourth-order valence-corrected chi connectivity index (χ4v) is 8.78. The van der Waals surface area contributed by atoms with Gasteiger partial charge in [0.2, 0.25) is 0 Å². The molecule has 0 saturated carbocycles. The molecule has 0 N–H and O–H groups in total. The number of rotatable bonds is 6. The summed E-state index contributed by atoms with van der Waals surface area (Å²) >= 11 is 0. The molecule has 1 aliphatic heterocycles. The monoisotopic (exact) mass is 713 g/mol. The van der Waals surface area contributed by atoms with Gasteiger partial charge < -0.3 is 9.64 Å². The summed E-state index contributed by atoms with van der Waals surface area (Å²) in [6.45, 7) is 0. The minimum absolute atomic E-state index is 0.894. The van der Waals surface area contributed by atoms with Crippen molar-refractivity contribution in [3.05, 3.63) is 212 Å². The molecule has 2 nitrogen and oxygen atoms in total. The Morgan fingerprint density at radius 2 is 0.893 bits per heavy atom. The minimum atomic E-state index is 0.894. The minimum Gasteiger partial charge on any atom is -0.456 e. The smallest absolute Gasteiger partial charge is 0.135 e. The molecule has 0 unspecified atom stereocenters. The van der Waals surface area contributed by atoms with Crippen molar-refractivity contribution in [2.24, 2.45) is 0 Å². The van der Waals surface area contributed by atoms with Crippen molar-refractivity contribution in [3.63, 3.8) is 0 Å². The maximum atomic E-state index is 6.47. The van der Waals surface area contributed by atoms with Gasteiger partial charge in [-0.15, -0.1) is 0 Å². The summed E-state index contributed by atoms with van der Waals surface area (Å²) in [5, 5.41) is 7.17. The maximum absolute atomic E-state index is 6.47. The van der Waals surface area contributed by atoms with Crippen LogP contribution in [0.1, 0.15) is 0 Å². The largest absolute Gasteiger partial charge is 0.456 e. The van der Waals surface area contributed by atoms with Crippen LogP contribution in [0.3, 0.4) is 0 Å². The topological polar surface area (TPSA) is 12.5 Å². The molecule has 0 fully saturated rings. The Labute approximate surface area is 326 Å². The van der Waals surface area contributed by atoms with Crippen LogP contribution in [0.5, 0.6) is 11.5 Å². The Hall–Kier alpha value is -7.42. The molecule has 0 aromatic heterocycles.